The summed E-state index contributed by atoms with van der Waals surface area (Å²) in [4.78, 5) is 69.1. The maximum atomic E-state index is 11.8. The highest BCUT2D eigenvalue weighted by Gasteiger charge is 2.23. The van der Waals surface area contributed by atoms with Gasteiger partial charge in [-0.3, -0.25) is 14.4 Å². The number of ether oxygens (including phenoxy) is 2. The first-order valence-electron chi connectivity index (χ1n) is 9.07. The van der Waals surface area contributed by atoms with E-state index in [1.165, 1.54) is 13.8 Å². The fourth-order valence-electron chi connectivity index (χ4n) is 1.75. The predicted octanol–water partition coefficient (Wildman–Crippen LogP) is -1.41. The Morgan fingerprint density at radius 2 is 1.45 bits per heavy atom. The van der Waals surface area contributed by atoms with E-state index < -0.39 is 67.3 Å². The Kier molecular flexibility index (Phi) is 12.1. The number of carboxylic acids is 1. The van der Waals surface area contributed by atoms with E-state index in [9.17, 15) is 28.8 Å². The number of nitrogens with one attached hydrogen (secondary N) is 2. The molecule has 0 spiro atoms. The van der Waals surface area contributed by atoms with E-state index in [-0.39, 0.29) is 24.0 Å². The number of carboxylic acid groups (broad SMARTS) is 1. The number of hydrogen-bond acceptors (Lipinski definition) is 9. The molecule has 172 valence electrons. The van der Waals surface area contributed by atoms with Crippen LogP contribution in [-0.2, 0) is 38.2 Å². The second kappa shape index (κ2) is 13.6. The van der Waals surface area contributed by atoms with Crippen molar-refractivity contribution in [2.75, 3.05) is 19.8 Å². The highest BCUT2D eigenvalue weighted by Crippen LogP contribution is 1.98. The molecule has 5 N–H and O–H groups in total. The van der Waals surface area contributed by atoms with Gasteiger partial charge in [-0.2, -0.15) is 0 Å². The summed E-state index contributed by atoms with van der Waals surface area (Å²) in [5, 5.41) is 13.4. The zero-order valence-corrected chi connectivity index (χ0v) is 17.4. The maximum absolute atomic E-state index is 11.8. The minimum absolute atomic E-state index is 0.0665. The van der Waals surface area contributed by atoms with Gasteiger partial charge in [-0.25, -0.2) is 14.4 Å². The molecule has 0 rings (SSSR count). The molecule has 2 amide bonds. The van der Waals surface area contributed by atoms with Crippen LogP contribution in [0.4, 0.5) is 0 Å². The molecule has 12 nitrogen and oxygen atoms in total. The third kappa shape index (κ3) is 11.9. The molecule has 0 aromatic carbocycles. The number of Topliss-reactive ketones (excluding diaryl/α,β-unsaturated/α-hetero) is 1. The van der Waals surface area contributed by atoms with E-state index in [1.54, 1.807) is 0 Å². The highest BCUT2D eigenvalue weighted by molar-refractivity contribution is 5.92. The summed E-state index contributed by atoms with van der Waals surface area (Å²) in [6.45, 7) is 8.09. The lowest BCUT2D eigenvalue weighted by Gasteiger charge is -2.15. The van der Waals surface area contributed by atoms with Gasteiger partial charge in [0.25, 0.3) is 0 Å². The summed E-state index contributed by atoms with van der Waals surface area (Å²) in [7, 11) is 0. The van der Waals surface area contributed by atoms with Crippen LogP contribution >= 0.6 is 0 Å². The molecular weight excluding hydrogens is 414 g/mol. The van der Waals surface area contributed by atoms with Crippen LogP contribution in [0.1, 0.15) is 26.7 Å². The molecule has 12 heteroatoms. The van der Waals surface area contributed by atoms with Crippen LogP contribution < -0.4 is 16.4 Å². The van der Waals surface area contributed by atoms with Crippen LogP contribution in [0.25, 0.3) is 0 Å². The lowest BCUT2D eigenvalue weighted by atomic mass is 10.2. The fourth-order valence-corrected chi connectivity index (χ4v) is 1.75. The topological polar surface area (TPSA) is 191 Å². The van der Waals surface area contributed by atoms with Crippen molar-refractivity contribution in [2.45, 2.75) is 38.8 Å². The van der Waals surface area contributed by atoms with Crippen molar-refractivity contribution in [3.63, 3.8) is 0 Å². The van der Waals surface area contributed by atoms with E-state index in [0.717, 1.165) is 0 Å². The Bertz CT molecular complexity index is 761. The first-order chi connectivity index (χ1) is 14.3. The summed E-state index contributed by atoms with van der Waals surface area (Å²) in [5.41, 5.74) is 5.74. The standard InChI is InChI=1S/C19H27N3O9/c1-10(2)18(28)30-8-13(20)16(25)21-7-12(23)5-6-15(24)22-14(17(26)27)9-31-19(29)11(3)4/h13-14H,1,3,5-9,20H2,2,4H3,(H,21,25)(H,22,24)(H,26,27)/t13-,14-/m0/s1. The molecule has 2 atom stereocenters. The largest absolute Gasteiger partial charge is 0.480 e. The summed E-state index contributed by atoms with van der Waals surface area (Å²) in [5.74, 6) is -4.96. The lowest BCUT2D eigenvalue weighted by molar-refractivity contribution is -0.148. The predicted molar refractivity (Wildman–Crippen MR) is 106 cm³/mol. The average Bonchev–Trinajstić information content (AvgIpc) is 2.70. The van der Waals surface area contributed by atoms with Crippen LogP contribution in [0.15, 0.2) is 24.3 Å². The Hall–Kier alpha value is -3.54. The SMILES string of the molecule is C=C(C)C(=O)OC[C@H](NC(=O)CCC(=O)CNC(=O)[C@@H](N)COC(=O)C(=C)C)C(=O)O. The van der Waals surface area contributed by atoms with E-state index in [1.807, 2.05) is 0 Å². The zero-order valence-electron chi connectivity index (χ0n) is 17.4. The summed E-state index contributed by atoms with van der Waals surface area (Å²) in [6.07, 6.45) is -0.640. The summed E-state index contributed by atoms with van der Waals surface area (Å²) >= 11 is 0. The van der Waals surface area contributed by atoms with Gasteiger partial charge in [0.1, 0.15) is 19.3 Å². The highest BCUT2D eigenvalue weighted by atomic mass is 16.5. The van der Waals surface area contributed by atoms with Gasteiger partial charge in [-0.05, 0) is 13.8 Å². The lowest BCUT2D eigenvalue weighted by Crippen LogP contribution is -2.46. The van der Waals surface area contributed by atoms with Crippen LogP contribution in [0.5, 0.6) is 0 Å². The molecule has 0 radical (unpaired) electrons. The molecule has 0 heterocycles. The number of hydrogen-bond donors (Lipinski definition) is 4. The summed E-state index contributed by atoms with van der Waals surface area (Å²) < 4.78 is 9.42. The van der Waals surface area contributed by atoms with Crippen molar-refractivity contribution >= 4 is 35.5 Å². The number of amides is 2. The number of esters is 2. The van der Waals surface area contributed by atoms with Gasteiger partial charge in [0, 0.05) is 24.0 Å². The first kappa shape index (κ1) is 27.5. The van der Waals surface area contributed by atoms with Crippen molar-refractivity contribution in [1.82, 2.24) is 10.6 Å². The fraction of sp³-hybridized carbons (Fsp3) is 0.474. The van der Waals surface area contributed by atoms with E-state index in [2.05, 4.69) is 23.8 Å². The van der Waals surface area contributed by atoms with Gasteiger partial charge >= 0.3 is 17.9 Å². The Labute approximate surface area is 178 Å². The van der Waals surface area contributed by atoms with E-state index >= 15 is 0 Å². The van der Waals surface area contributed by atoms with Crippen LogP contribution in [-0.4, -0.2) is 72.5 Å². The quantitative estimate of drug-likeness (QED) is 0.184. The number of carbonyl (C=O) groups is 6. The molecule has 0 saturated heterocycles. The molecule has 0 unspecified atom stereocenters. The van der Waals surface area contributed by atoms with Gasteiger partial charge in [0.05, 0.1) is 6.54 Å². The molecular formula is C19H27N3O9. The average molecular weight is 441 g/mol. The number of rotatable bonds is 14. The monoisotopic (exact) mass is 441 g/mol. The Balaban J connectivity index is 4.32. The second-order valence-electron chi connectivity index (χ2n) is 6.58. The number of ketones is 1. The minimum atomic E-state index is -1.49. The molecule has 0 aliphatic heterocycles. The van der Waals surface area contributed by atoms with Crippen LogP contribution in [0.3, 0.4) is 0 Å². The molecule has 0 aromatic rings. The molecule has 0 aliphatic rings. The molecule has 0 fully saturated rings. The molecule has 0 aromatic heterocycles. The smallest absolute Gasteiger partial charge is 0.333 e. The molecule has 31 heavy (non-hydrogen) atoms. The van der Waals surface area contributed by atoms with Crippen molar-refractivity contribution in [2.24, 2.45) is 5.73 Å². The number of aliphatic carboxylic acids is 1. The minimum Gasteiger partial charge on any atom is -0.480 e. The normalized spacial score (nSPS) is 12.0. The van der Waals surface area contributed by atoms with Crippen molar-refractivity contribution in [1.29, 1.82) is 0 Å². The number of carbonyl (C=O) groups excluding carboxylic acids is 5. The second-order valence-corrected chi connectivity index (χ2v) is 6.58. The molecule has 0 aliphatic carbocycles. The van der Waals surface area contributed by atoms with E-state index in [4.69, 9.17) is 20.3 Å². The van der Waals surface area contributed by atoms with Crippen LogP contribution in [0, 0.1) is 0 Å². The Morgan fingerprint density at radius 3 is 1.94 bits per heavy atom. The van der Waals surface area contributed by atoms with Crippen molar-refractivity contribution < 1.29 is 43.3 Å². The van der Waals surface area contributed by atoms with Crippen molar-refractivity contribution in [3.05, 3.63) is 24.3 Å². The summed E-state index contributed by atoms with van der Waals surface area (Å²) in [6, 6.07) is -2.69. The number of nitrogens with two attached hydrogens (primary N) is 1. The third-order valence-corrected chi connectivity index (χ3v) is 3.53. The van der Waals surface area contributed by atoms with Crippen LogP contribution in [0.2, 0.25) is 0 Å². The van der Waals surface area contributed by atoms with Gasteiger partial charge in [0.15, 0.2) is 11.8 Å². The van der Waals surface area contributed by atoms with Gasteiger partial charge in [-0.1, -0.05) is 13.2 Å². The third-order valence-electron chi connectivity index (χ3n) is 3.53. The zero-order chi connectivity index (χ0) is 24.1. The first-order valence-corrected chi connectivity index (χ1v) is 9.07. The molecule has 0 bridgehead atoms. The van der Waals surface area contributed by atoms with Gasteiger partial charge < -0.3 is 30.9 Å². The van der Waals surface area contributed by atoms with E-state index in [0.29, 0.717) is 0 Å². The van der Waals surface area contributed by atoms with Gasteiger partial charge in [0.2, 0.25) is 11.8 Å². The maximum Gasteiger partial charge on any atom is 0.333 e. The molecule has 0 saturated carbocycles. The Morgan fingerprint density at radius 1 is 0.935 bits per heavy atom. The van der Waals surface area contributed by atoms with Gasteiger partial charge in [-0.15, -0.1) is 0 Å². The van der Waals surface area contributed by atoms with Crippen molar-refractivity contribution in [3.8, 4) is 0 Å².